The van der Waals surface area contributed by atoms with Crippen LogP contribution in [0.1, 0.15) is 13.3 Å². The Morgan fingerprint density at radius 1 is 1.55 bits per heavy atom. The second-order valence-electron chi connectivity index (χ2n) is 5.39. The summed E-state index contributed by atoms with van der Waals surface area (Å²) >= 11 is 0. The number of hydrogen-bond acceptors (Lipinski definition) is 5. The van der Waals surface area contributed by atoms with E-state index in [1.807, 2.05) is 12.1 Å². The van der Waals surface area contributed by atoms with Gasteiger partial charge in [-0.05, 0) is 43.5 Å². The lowest BCUT2D eigenvalue weighted by Crippen LogP contribution is -2.47. The van der Waals surface area contributed by atoms with Crippen LogP contribution in [0.3, 0.4) is 0 Å². The molecule has 1 aromatic rings. The van der Waals surface area contributed by atoms with Crippen LogP contribution >= 0.6 is 0 Å². The maximum absolute atomic E-state index is 11.9. The van der Waals surface area contributed by atoms with Crippen LogP contribution in [0, 0.1) is 11.8 Å². The van der Waals surface area contributed by atoms with E-state index < -0.39 is 0 Å². The van der Waals surface area contributed by atoms with E-state index in [0.29, 0.717) is 30.7 Å². The molecular weight excluding hydrogens is 254 g/mol. The van der Waals surface area contributed by atoms with Gasteiger partial charge in [0.15, 0.2) is 0 Å². The predicted molar refractivity (Wildman–Crippen MR) is 78.8 cm³/mol. The molecule has 1 aromatic heterocycles. The predicted octanol–water partition coefficient (Wildman–Crippen LogP) is 0.441. The molecule has 2 unspecified atom stereocenters. The van der Waals surface area contributed by atoms with Crippen LogP contribution in [0.5, 0.6) is 0 Å². The quantitative estimate of drug-likeness (QED) is 0.680. The highest BCUT2D eigenvalue weighted by atomic mass is 16.2. The topological polar surface area (TPSA) is 83.3 Å². The average molecular weight is 277 g/mol. The van der Waals surface area contributed by atoms with Crippen LogP contribution in [0.15, 0.2) is 24.4 Å². The zero-order valence-corrected chi connectivity index (χ0v) is 11.9. The minimum absolute atomic E-state index is 0.0547. The van der Waals surface area contributed by atoms with E-state index in [1.165, 1.54) is 0 Å². The second-order valence-corrected chi connectivity index (χ2v) is 5.39. The summed E-state index contributed by atoms with van der Waals surface area (Å²) in [4.78, 5) is 18.1. The van der Waals surface area contributed by atoms with Crippen LogP contribution in [0.2, 0.25) is 0 Å². The Kier molecular flexibility index (Phi) is 5.31. The van der Waals surface area contributed by atoms with Gasteiger partial charge in [0.05, 0.1) is 6.54 Å². The molecule has 0 bridgehead atoms. The highest BCUT2D eigenvalue weighted by Crippen LogP contribution is 2.21. The highest BCUT2D eigenvalue weighted by Gasteiger charge is 2.25. The second kappa shape index (κ2) is 7.21. The van der Waals surface area contributed by atoms with Gasteiger partial charge in [0.1, 0.15) is 5.82 Å². The molecule has 6 heteroatoms. The zero-order valence-electron chi connectivity index (χ0n) is 11.9. The van der Waals surface area contributed by atoms with Crippen LogP contribution in [-0.2, 0) is 4.79 Å². The molecule has 6 nitrogen and oxygen atoms in total. The number of hydrogen-bond donors (Lipinski definition) is 3. The van der Waals surface area contributed by atoms with Crippen molar-refractivity contribution in [3.05, 3.63) is 24.4 Å². The highest BCUT2D eigenvalue weighted by molar-refractivity contribution is 5.79. The Morgan fingerprint density at radius 2 is 2.40 bits per heavy atom. The van der Waals surface area contributed by atoms with Crippen LogP contribution in [-0.4, -0.2) is 42.0 Å². The summed E-state index contributed by atoms with van der Waals surface area (Å²) < 4.78 is 0. The molecule has 2 heterocycles. The third-order valence-corrected chi connectivity index (χ3v) is 3.86. The van der Waals surface area contributed by atoms with Gasteiger partial charge in [-0.2, -0.15) is 0 Å². The Labute approximate surface area is 119 Å². The largest absolute Gasteiger partial charge is 0.330 e. The number of aromatic nitrogens is 1. The number of likely N-dealkylation sites (tertiary alicyclic amines) is 1. The lowest BCUT2D eigenvalue weighted by atomic mass is 9.87. The van der Waals surface area contributed by atoms with Gasteiger partial charge in [0.25, 0.3) is 5.91 Å². The van der Waals surface area contributed by atoms with E-state index in [2.05, 4.69) is 27.7 Å². The van der Waals surface area contributed by atoms with Gasteiger partial charge in [-0.15, -0.1) is 0 Å². The number of carbonyl (C=O) groups is 1. The molecule has 0 saturated carbocycles. The molecule has 0 aliphatic carbocycles. The van der Waals surface area contributed by atoms with Crippen molar-refractivity contribution in [2.75, 3.05) is 31.6 Å². The standard InChI is InChI=1S/C14H23N5O/c1-11-5-7-19(9-12(11)8-15)10-14(20)18-17-13-4-2-3-6-16-13/h2-4,6,11-12H,5,7-10,15H2,1H3,(H,16,17)(H,18,20). The number of carbonyl (C=O) groups excluding carboxylic acids is 1. The SMILES string of the molecule is CC1CCN(CC(=O)NNc2ccccn2)CC1CN. The molecule has 1 amide bonds. The molecule has 20 heavy (non-hydrogen) atoms. The van der Waals surface area contributed by atoms with Crippen LogP contribution in [0.4, 0.5) is 5.82 Å². The number of pyridine rings is 1. The van der Waals surface area contributed by atoms with Crippen molar-refractivity contribution in [1.82, 2.24) is 15.3 Å². The third-order valence-electron chi connectivity index (χ3n) is 3.86. The van der Waals surface area contributed by atoms with Gasteiger partial charge in [-0.1, -0.05) is 13.0 Å². The van der Waals surface area contributed by atoms with E-state index in [9.17, 15) is 4.79 Å². The molecule has 2 atom stereocenters. The molecule has 1 fully saturated rings. The molecule has 0 spiro atoms. The first kappa shape index (κ1) is 14.7. The lowest BCUT2D eigenvalue weighted by molar-refractivity contribution is -0.122. The Hall–Kier alpha value is -1.66. The molecule has 0 radical (unpaired) electrons. The van der Waals surface area contributed by atoms with E-state index in [-0.39, 0.29) is 5.91 Å². The minimum Gasteiger partial charge on any atom is -0.330 e. The summed E-state index contributed by atoms with van der Waals surface area (Å²) in [6.07, 6.45) is 2.77. The van der Waals surface area contributed by atoms with Gasteiger partial charge >= 0.3 is 0 Å². The molecule has 110 valence electrons. The minimum atomic E-state index is -0.0547. The van der Waals surface area contributed by atoms with Gasteiger partial charge in [0.2, 0.25) is 0 Å². The number of rotatable bonds is 5. The molecule has 2 rings (SSSR count). The van der Waals surface area contributed by atoms with Gasteiger partial charge in [0, 0.05) is 12.7 Å². The monoisotopic (exact) mass is 277 g/mol. The maximum atomic E-state index is 11.9. The van der Waals surface area contributed by atoms with Gasteiger partial charge in [-0.3, -0.25) is 20.5 Å². The van der Waals surface area contributed by atoms with Crippen LogP contribution in [0.25, 0.3) is 0 Å². The summed E-state index contributed by atoms with van der Waals surface area (Å²) in [5.74, 6) is 1.71. The van der Waals surface area contributed by atoms with Crippen molar-refractivity contribution in [2.45, 2.75) is 13.3 Å². The summed E-state index contributed by atoms with van der Waals surface area (Å²) in [6.45, 7) is 5.16. The summed E-state index contributed by atoms with van der Waals surface area (Å²) in [5, 5.41) is 0. The Bertz CT molecular complexity index is 425. The maximum Gasteiger partial charge on any atom is 0.252 e. The molecule has 1 aliphatic heterocycles. The fourth-order valence-electron chi connectivity index (χ4n) is 2.49. The summed E-state index contributed by atoms with van der Waals surface area (Å²) in [7, 11) is 0. The smallest absolute Gasteiger partial charge is 0.252 e. The van der Waals surface area contributed by atoms with E-state index in [1.54, 1.807) is 12.3 Å². The lowest BCUT2D eigenvalue weighted by Gasteiger charge is -2.36. The summed E-state index contributed by atoms with van der Waals surface area (Å²) in [5.41, 5.74) is 11.2. The zero-order chi connectivity index (χ0) is 14.4. The van der Waals surface area contributed by atoms with E-state index >= 15 is 0 Å². The number of piperidine rings is 1. The van der Waals surface area contributed by atoms with Crippen molar-refractivity contribution in [2.24, 2.45) is 17.6 Å². The van der Waals surface area contributed by atoms with Gasteiger partial charge < -0.3 is 5.73 Å². The van der Waals surface area contributed by atoms with E-state index in [0.717, 1.165) is 19.5 Å². The van der Waals surface area contributed by atoms with Crippen LogP contribution < -0.4 is 16.6 Å². The molecule has 1 saturated heterocycles. The van der Waals surface area contributed by atoms with E-state index in [4.69, 9.17) is 5.73 Å². The fourth-order valence-corrected chi connectivity index (χ4v) is 2.49. The third kappa shape index (κ3) is 4.18. The Balaban J connectivity index is 1.74. The van der Waals surface area contributed by atoms with Crippen molar-refractivity contribution >= 4 is 11.7 Å². The number of amides is 1. The Morgan fingerprint density at radius 3 is 3.10 bits per heavy atom. The first-order chi connectivity index (χ1) is 9.69. The average Bonchev–Trinajstić information content (AvgIpc) is 2.48. The molecule has 4 N–H and O–H groups in total. The number of nitrogens with zero attached hydrogens (tertiary/aromatic N) is 2. The first-order valence-electron chi connectivity index (χ1n) is 7.07. The fraction of sp³-hybridized carbons (Fsp3) is 0.571. The molecular formula is C14H23N5O. The number of nitrogens with one attached hydrogen (secondary N) is 2. The van der Waals surface area contributed by atoms with Gasteiger partial charge in [-0.25, -0.2) is 4.98 Å². The number of anilines is 1. The number of nitrogens with two attached hydrogens (primary N) is 1. The first-order valence-corrected chi connectivity index (χ1v) is 7.07. The van der Waals surface area contributed by atoms with Crippen molar-refractivity contribution in [3.8, 4) is 0 Å². The summed E-state index contributed by atoms with van der Waals surface area (Å²) in [6, 6.07) is 5.49. The van der Waals surface area contributed by atoms with Crippen molar-refractivity contribution in [1.29, 1.82) is 0 Å². The van der Waals surface area contributed by atoms with Crippen molar-refractivity contribution < 1.29 is 4.79 Å². The molecule has 0 aromatic carbocycles. The normalized spacial score (nSPS) is 23.3. The molecule has 1 aliphatic rings. The number of hydrazine groups is 1. The van der Waals surface area contributed by atoms with Crippen molar-refractivity contribution in [3.63, 3.8) is 0 Å².